The zero-order chi connectivity index (χ0) is 26.5. The summed E-state index contributed by atoms with van der Waals surface area (Å²) in [6.45, 7) is 2.54. The van der Waals surface area contributed by atoms with Crippen molar-refractivity contribution in [3.05, 3.63) is 83.7 Å². The Morgan fingerprint density at radius 3 is 2.56 bits per heavy atom. The van der Waals surface area contributed by atoms with Crippen LogP contribution in [0.2, 0.25) is 0 Å². The second kappa shape index (κ2) is 9.68. The number of rotatable bonds is 4. The van der Waals surface area contributed by atoms with Gasteiger partial charge in [0.25, 0.3) is 5.91 Å². The number of hydrogen-bond acceptors (Lipinski definition) is 6. The van der Waals surface area contributed by atoms with Crippen LogP contribution in [-0.4, -0.2) is 34.5 Å². The molecule has 1 aromatic heterocycles. The van der Waals surface area contributed by atoms with E-state index < -0.39 is 0 Å². The van der Waals surface area contributed by atoms with E-state index in [4.69, 9.17) is 9.51 Å². The van der Waals surface area contributed by atoms with E-state index in [-0.39, 0.29) is 23.8 Å². The molecule has 7 rings (SSSR count). The van der Waals surface area contributed by atoms with Crippen LogP contribution in [0.15, 0.2) is 81.0 Å². The maximum Gasteiger partial charge on any atom is 0.259 e. The molecule has 0 N–H and O–H groups in total. The molecule has 2 fully saturated rings. The molecule has 2 amide bonds. The summed E-state index contributed by atoms with van der Waals surface area (Å²) in [4.78, 5) is 37.0. The largest absolute Gasteiger partial charge is 0.339 e. The number of nitrogens with zero attached hydrogens (tertiary/aromatic N) is 4. The number of benzene rings is 3. The Hall–Kier alpha value is -3.91. The summed E-state index contributed by atoms with van der Waals surface area (Å²) in [7, 11) is 0. The molecule has 196 valence electrons. The number of hydrogen-bond donors (Lipinski definition) is 0. The van der Waals surface area contributed by atoms with Crippen molar-refractivity contribution >= 4 is 35.0 Å². The van der Waals surface area contributed by atoms with Gasteiger partial charge in [0.15, 0.2) is 0 Å². The Kier molecular flexibility index (Phi) is 6.00. The van der Waals surface area contributed by atoms with Crippen LogP contribution in [0.1, 0.15) is 59.8 Å². The lowest BCUT2D eigenvalue weighted by molar-refractivity contribution is -0.117. The predicted molar refractivity (Wildman–Crippen MR) is 150 cm³/mol. The third-order valence-corrected chi connectivity index (χ3v) is 9.11. The van der Waals surface area contributed by atoms with Crippen molar-refractivity contribution in [2.24, 2.45) is 0 Å². The van der Waals surface area contributed by atoms with Gasteiger partial charge in [-0.25, -0.2) is 0 Å². The van der Waals surface area contributed by atoms with Crippen molar-refractivity contribution in [3.63, 3.8) is 0 Å². The number of carbonyl (C=O) groups is 2. The molecule has 39 heavy (non-hydrogen) atoms. The average Bonchev–Trinajstić information content (AvgIpc) is 3.71. The number of aryl methyl sites for hydroxylation is 1. The first-order chi connectivity index (χ1) is 19.0. The predicted octanol–water partition coefficient (Wildman–Crippen LogP) is 6.62. The first kappa shape index (κ1) is 24.2. The summed E-state index contributed by atoms with van der Waals surface area (Å²) in [6, 6.07) is 22.1. The zero-order valence-electron chi connectivity index (χ0n) is 21.7. The Bertz CT molecular complexity index is 1570. The Morgan fingerprint density at radius 2 is 1.74 bits per heavy atom. The van der Waals surface area contributed by atoms with Gasteiger partial charge in [-0.1, -0.05) is 59.6 Å². The van der Waals surface area contributed by atoms with Crippen LogP contribution < -0.4 is 9.80 Å². The Labute approximate surface area is 231 Å². The number of fused-ring (bicyclic) bond motifs is 2. The highest BCUT2D eigenvalue weighted by Gasteiger charge is 2.36. The van der Waals surface area contributed by atoms with Crippen LogP contribution in [0.5, 0.6) is 0 Å². The third kappa shape index (κ3) is 4.33. The quantitative estimate of drug-likeness (QED) is 0.292. The van der Waals surface area contributed by atoms with Crippen molar-refractivity contribution in [1.29, 1.82) is 0 Å². The highest BCUT2D eigenvalue weighted by atomic mass is 32.2. The molecule has 1 atom stereocenters. The van der Waals surface area contributed by atoms with Gasteiger partial charge in [0, 0.05) is 40.0 Å². The number of aromatic nitrogens is 2. The molecule has 3 aromatic carbocycles. The highest BCUT2D eigenvalue weighted by Crippen LogP contribution is 2.45. The molecule has 1 saturated carbocycles. The van der Waals surface area contributed by atoms with E-state index in [0.29, 0.717) is 24.7 Å². The Morgan fingerprint density at radius 1 is 0.949 bits per heavy atom. The van der Waals surface area contributed by atoms with Crippen molar-refractivity contribution in [1.82, 2.24) is 10.1 Å². The first-order valence-corrected chi connectivity index (χ1v) is 14.3. The van der Waals surface area contributed by atoms with E-state index >= 15 is 0 Å². The summed E-state index contributed by atoms with van der Waals surface area (Å²) in [6.07, 6.45) is 4.67. The lowest BCUT2D eigenvalue weighted by atomic mass is 10.1. The number of anilines is 2. The van der Waals surface area contributed by atoms with Gasteiger partial charge in [-0.05, 0) is 62.2 Å². The molecule has 2 aliphatic heterocycles. The summed E-state index contributed by atoms with van der Waals surface area (Å²) in [5, 5.41) is 4.29. The van der Waals surface area contributed by atoms with Gasteiger partial charge < -0.3 is 14.3 Å². The van der Waals surface area contributed by atoms with Gasteiger partial charge in [0.2, 0.25) is 17.6 Å². The minimum absolute atomic E-state index is 0.0559. The third-order valence-electron chi connectivity index (χ3n) is 7.99. The summed E-state index contributed by atoms with van der Waals surface area (Å²) < 4.78 is 5.69. The fourth-order valence-electron chi connectivity index (χ4n) is 5.91. The summed E-state index contributed by atoms with van der Waals surface area (Å²) in [5.41, 5.74) is 4.56. The monoisotopic (exact) mass is 536 g/mol. The van der Waals surface area contributed by atoms with Crippen LogP contribution in [0, 0.1) is 6.92 Å². The Balaban J connectivity index is 1.19. The fraction of sp³-hybridized carbons (Fsp3) is 0.290. The van der Waals surface area contributed by atoms with E-state index in [1.165, 1.54) is 0 Å². The van der Waals surface area contributed by atoms with Gasteiger partial charge in [0.1, 0.15) is 0 Å². The van der Waals surface area contributed by atoms with Crippen LogP contribution in [0.25, 0.3) is 11.4 Å². The normalized spacial score (nSPS) is 19.4. The number of carbonyl (C=O) groups excluding carboxylic acids is 2. The fourth-order valence-corrected chi connectivity index (χ4v) is 7.02. The van der Waals surface area contributed by atoms with E-state index in [9.17, 15) is 9.59 Å². The molecule has 4 aromatic rings. The van der Waals surface area contributed by atoms with E-state index in [2.05, 4.69) is 11.2 Å². The van der Waals surface area contributed by atoms with Gasteiger partial charge in [0.05, 0.1) is 17.2 Å². The molecule has 7 nitrogen and oxygen atoms in total. The molecular formula is C31H28N4O3S. The topological polar surface area (TPSA) is 79.5 Å². The molecular weight excluding hydrogens is 508 g/mol. The standard InChI is InChI=1S/C31H28N4O3S/c1-19-10-13-22(14-11-19)34-18-21(17-28(34)36)30-32-29(33-38-30)20-12-15-25-27(16-20)39-26-9-5-4-8-24(26)31(37)35(25)23-6-2-3-7-23/h4-5,8-16,21,23H,2-3,6-7,17-18H2,1H3/t21-/m1/s1. The molecule has 0 bridgehead atoms. The van der Waals surface area contributed by atoms with Gasteiger partial charge in [-0.15, -0.1) is 0 Å². The maximum atomic E-state index is 13.7. The van der Waals surface area contributed by atoms with Gasteiger partial charge in [-0.2, -0.15) is 4.98 Å². The van der Waals surface area contributed by atoms with E-state index in [1.54, 1.807) is 16.7 Å². The minimum Gasteiger partial charge on any atom is -0.339 e. The first-order valence-electron chi connectivity index (χ1n) is 13.5. The SMILES string of the molecule is Cc1ccc(N2C[C@H](c3nc(-c4ccc5c(c4)Sc4ccccc4C(=O)N5C4CCCC4)no3)CC2=O)cc1. The minimum atomic E-state index is -0.155. The second-order valence-corrected chi connectivity index (χ2v) is 11.7. The van der Waals surface area contributed by atoms with Crippen molar-refractivity contribution in [2.45, 2.75) is 60.8 Å². The van der Waals surface area contributed by atoms with E-state index in [1.807, 2.05) is 72.5 Å². The molecule has 8 heteroatoms. The van der Waals surface area contributed by atoms with Crippen LogP contribution in [0.4, 0.5) is 11.4 Å². The summed E-state index contributed by atoms with van der Waals surface area (Å²) in [5.74, 6) is 0.940. The maximum absolute atomic E-state index is 13.7. The van der Waals surface area contributed by atoms with Crippen LogP contribution in [-0.2, 0) is 4.79 Å². The van der Waals surface area contributed by atoms with Crippen molar-refractivity contribution in [3.8, 4) is 11.4 Å². The van der Waals surface area contributed by atoms with Gasteiger partial charge >= 0.3 is 0 Å². The van der Waals surface area contributed by atoms with Crippen LogP contribution in [0.3, 0.4) is 0 Å². The highest BCUT2D eigenvalue weighted by molar-refractivity contribution is 7.99. The smallest absolute Gasteiger partial charge is 0.259 e. The molecule has 0 radical (unpaired) electrons. The molecule has 3 aliphatic rings. The summed E-state index contributed by atoms with van der Waals surface area (Å²) >= 11 is 1.61. The van der Waals surface area contributed by atoms with Crippen molar-refractivity contribution in [2.75, 3.05) is 16.3 Å². The van der Waals surface area contributed by atoms with Gasteiger partial charge in [-0.3, -0.25) is 9.59 Å². The zero-order valence-corrected chi connectivity index (χ0v) is 22.5. The van der Waals surface area contributed by atoms with Crippen LogP contribution >= 0.6 is 11.8 Å². The van der Waals surface area contributed by atoms with E-state index in [0.717, 1.165) is 63.5 Å². The molecule has 0 spiro atoms. The molecule has 1 saturated heterocycles. The lowest BCUT2D eigenvalue weighted by Crippen LogP contribution is -2.39. The average molecular weight is 537 g/mol. The lowest BCUT2D eigenvalue weighted by Gasteiger charge is -2.29. The molecule has 1 aliphatic carbocycles. The molecule has 0 unspecified atom stereocenters. The van der Waals surface area contributed by atoms with Crippen molar-refractivity contribution < 1.29 is 14.1 Å². The second-order valence-electron chi connectivity index (χ2n) is 10.6. The number of amides is 2. The molecule has 3 heterocycles.